The van der Waals surface area contributed by atoms with Crippen LogP contribution in [-0.4, -0.2) is 51.0 Å². The first-order chi connectivity index (χ1) is 16.3. The van der Waals surface area contributed by atoms with E-state index in [-0.39, 0.29) is 31.6 Å². The molecule has 2 rings (SSSR count). The predicted molar refractivity (Wildman–Crippen MR) is 128 cm³/mol. The number of nitrogens with zero attached hydrogens (tertiary/aromatic N) is 2. The standard InChI is InChI=1S/C23H27ClF3N3O4S/c1-16(22(32)28-2)29(15-17-8-4-5-11-20(17)24)21(31)12-7-13-30(35(3,33)34)19-10-6-9-18(14-19)23(25,26)27/h4-6,8-11,14,16H,7,12-13,15H2,1-3H3,(H,28,32). The van der Waals surface area contributed by atoms with Gasteiger partial charge in [-0.25, -0.2) is 8.42 Å². The Bertz CT molecular complexity index is 1160. The van der Waals surface area contributed by atoms with Crippen molar-refractivity contribution in [1.82, 2.24) is 10.2 Å². The molecule has 0 saturated carbocycles. The van der Waals surface area contributed by atoms with Gasteiger partial charge in [0, 0.05) is 31.6 Å². The highest BCUT2D eigenvalue weighted by molar-refractivity contribution is 7.92. The van der Waals surface area contributed by atoms with Crippen molar-refractivity contribution in [1.29, 1.82) is 0 Å². The van der Waals surface area contributed by atoms with Gasteiger partial charge in [0.2, 0.25) is 21.8 Å². The molecule has 0 saturated heterocycles. The topological polar surface area (TPSA) is 86.8 Å². The van der Waals surface area contributed by atoms with Gasteiger partial charge in [-0.15, -0.1) is 0 Å². The van der Waals surface area contributed by atoms with Crippen LogP contribution >= 0.6 is 11.6 Å². The summed E-state index contributed by atoms with van der Waals surface area (Å²) in [5.41, 5.74) is -0.508. The average Bonchev–Trinajstić information content (AvgIpc) is 2.78. The third kappa shape index (κ3) is 7.86. The van der Waals surface area contributed by atoms with Crippen LogP contribution in [0.5, 0.6) is 0 Å². The summed E-state index contributed by atoms with van der Waals surface area (Å²) in [5, 5.41) is 2.91. The Labute approximate surface area is 207 Å². The van der Waals surface area contributed by atoms with Crippen molar-refractivity contribution in [3.8, 4) is 0 Å². The molecular weight excluding hydrogens is 507 g/mol. The molecule has 2 aromatic rings. The molecule has 0 aromatic heterocycles. The summed E-state index contributed by atoms with van der Waals surface area (Å²) >= 11 is 6.21. The fourth-order valence-corrected chi connectivity index (χ4v) is 4.60. The second-order valence-corrected chi connectivity index (χ2v) is 10.2. The number of likely N-dealkylation sites (N-methyl/N-ethyl adjacent to an activating group) is 1. The summed E-state index contributed by atoms with van der Waals surface area (Å²) in [6.45, 7) is 1.38. The summed E-state index contributed by atoms with van der Waals surface area (Å²) in [7, 11) is -2.49. The van der Waals surface area contributed by atoms with Crippen LogP contribution in [0.4, 0.5) is 18.9 Å². The number of carbonyl (C=O) groups excluding carboxylic acids is 2. The van der Waals surface area contributed by atoms with Gasteiger partial charge in [0.05, 0.1) is 17.5 Å². The zero-order valence-corrected chi connectivity index (χ0v) is 21.0. The van der Waals surface area contributed by atoms with E-state index in [9.17, 15) is 31.2 Å². The van der Waals surface area contributed by atoms with Gasteiger partial charge in [-0.2, -0.15) is 13.2 Å². The van der Waals surface area contributed by atoms with Crippen molar-refractivity contribution in [2.24, 2.45) is 0 Å². The van der Waals surface area contributed by atoms with Gasteiger partial charge in [-0.05, 0) is 43.2 Å². The lowest BCUT2D eigenvalue weighted by atomic mass is 10.1. The maximum atomic E-state index is 13.1. The fourth-order valence-electron chi connectivity index (χ4n) is 3.44. The van der Waals surface area contributed by atoms with Crippen LogP contribution in [0.2, 0.25) is 5.02 Å². The summed E-state index contributed by atoms with van der Waals surface area (Å²) in [6.07, 6.45) is -3.88. The number of sulfonamides is 1. The van der Waals surface area contributed by atoms with Gasteiger partial charge in [0.25, 0.3) is 0 Å². The highest BCUT2D eigenvalue weighted by Gasteiger charge is 2.32. The lowest BCUT2D eigenvalue weighted by molar-refractivity contribution is -0.140. The second-order valence-electron chi connectivity index (χ2n) is 7.89. The third-order valence-corrected chi connectivity index (χ3v) is 6.89. The molecule has 0 heterocycles. The molecule has 192 valence electrons. The minimum atomic E-state index is -4.63. The third-order valence-electron chi connectivity index (χ3n) is 5.33. The van der Waals surface area contributed by atoms with Crippen molar-refractivity contribution in [2.45, 2.75) is 38.5 Å². The monoisotopic (exact) mass is 533 g/mol. The molecular formula is C23H27ClF3N3O4S. The van der Waals surface area contributed by atoms with Crippen molar-refractivity contribution >= 4 is 39.1 Å². The first-order valence-corrected chi connectivity index (χ1v) is 12.9. The second kappa shape index (κ2) is 11.8. The van der Waals surface area contributed by atoms with E-state index in [4.69, 9.17) is 11.6 Å². The van der Waals surface area contributed by atoms with Gasteiger partial charge in [0.15, 0.2) is 0 Å². The normalized spacial score (nSPS) is 12.7. The molecule has 0 spiro atoms. The number of hydrogen-bond donors (Lipinski definition) is 1. The van der Waals surface area contributed by atoms with E-state index in [1.807, 2.05) is 0 Å². The highest BCUT2D eigenvalue weighted by atomic mass is 35.5. The largest absolute Gasteiger partial charge is 0.416 e. The zero-order valence-electron chi connectivity index (χ0n) is 19.5. The van der Waals surface area contributed by atoms with Gasteiger partial charge in [0.1, 0.15) is 6.04 Å². The van der Waals surface area contributed by atoms with E-state index >= 15 is 0 Å². The molecule has 7 nitrogen and oxygen atoms in total. The lowest BCUT2D eigenvalue weighted by Crippen LogP contribution is -2.46. The molecule has 2 amide bonds. The minimum Gasteiger partial charge on any atom is -0.357 e. The van der Waals surface area contributed by atoms with Gasteiger partial charge in [-0.3, -0.25) is 13.9 Å². The molecule has 35 heavy (non-hydrogen) atoms. The number of nitrogens with one attached hydrogen (secondary N) is 1. The molecule has 1 atom stereocenters. The van der Waals surface area contributed by atoms with E-state index < -0.39 is 39.6 Å². The number of alkyl halides is 3. The summed E-state index contributed by atoms with van der Waals surface area (Å²) in [5.74, 6) is -0.828. The lowest BCUT2D eigenvalue weighted by Gasteiger charge is -2.29. The van der Waals surface area contributed by atoms with Gasteiger partial charge in [-0.1, -0.05) is 35.9 Å². The Morgan fingerprint density at radius 3 is 2.34 bits per heavy atom. The van der Waals surface area contributed by atoms with Crippen molar-refractivity contribution in [3.63, 3.8) is 0 Å². The maximum Gasteiger partial charge on any atom is 0.416 e. The number of rotatable bonds is 10. The van der Waals surface area contributed by atoms with Crippen LogP contribution < -0.4 is 9.62 Å². The quantitative estimate of drug-likeness (QED) is 0.499. The number of carbonyl (C=O) groups is 2. The number of halogens is 4. The summed E-state index contributed by atoms with van der Waals surface area (Å²) < 4.78 is 64.7. The number of anilines is 1. The molecule has 0 bridgehead atoms. The molecule has 1 N–H and O–H groups in total. The summed E-state index contributed by atoms with van der Waals surface area (Å²) in [6, 6.07) is 9.99. The van der Waals surface area contributed by atoms with Crippen LogP contribution in [0.1, 0.15) is 30.9 Å². The van der Waals surface area contributed by atoms with Gasteiger partial charge < -0.3 is 10.2 Å². The maximum absolute atomic E-state index is 13.1. The smallest absolute Gasteiger partial charge is 0.357 e. The van der Waals surface area contributed by atoms with Crippen LogP contribution in [0.15, 0.2) is 48.5 Å². The Morgan fingerprint density at radius 1 is 1.11 bits per heavy atom. The van der Waals surface area contributed by atoms with E-state index in [1.165, 1.54) is 18.0 Å². The fraction of sp³-hybridized carbons (Fsp3) is 0.391. The zero-order chi connectivity index (χ0) is 26.4. The SMILES string of the molecule is CNC(=O)C(C)N(Cc1ccccc1Cl)C(=O)CCCN(c1cccc(C(F)(F)F)c1)S(C)(=O)=O. The molecule has 2 aromatic carbocycles. The summed E-state index contributed by atoms with van der Waals surface area (Å²) in [4.78, 5) is 26.6. The Hall–Kier alpha value is -2.79. The molecule has 0 fully saturated rings. The molecule has 12 heteroatoms. The van der Waals surface area contributed by atoms with Crippen LogP contribution in [0.3, 0.4) is 0 Å². The van der Waals surface area contributed by atoms with Crippen LogP contribution in [0, 0.1) is 0 Å². The Balaban J connectivity index is 2.21. The first kappa shape index (κ1) is 28.4. The highest BCUT2D eigenvalue weighted by Crippen LogP contribution is 2.32. The van der Waals surface area contributed by atoms with Crippen LogP contribution in [0.25, 0.3) is 0 Å². The molecule has 0 aliphatic rings. The average molecular weight is 534 g/mol. The van der Waals surface area contributed by atoms with Crippen LogP contribution in [-0.2, 0) is 32.3 Å². The first-order valence-electron chi connectivity index (χ1n) is 10.6. The Kier molecular flexibility index (Phi) is 9.56. The molecule has 0 radical (unpaired) electrons. The van der Waals surface area contributed by atoms with E-state index in [1.54, 1.807) is 31.2 Å². The van der Waals surface area contributed by atoms with E-state index in [0.717, 1.165) is 28.8 Å². The number of benzene rings is 2. The van der Waals surface area contributed by atoms with Crippen molar-refractivity contribution in [3.05, 3.63) is 64.7 Å². The molecule has 0 aliphatic carbocycles. The minimum absolute atomic E-state index is 0.0155. The number of hydrogen-bond acceptors (Lipinski definition) is 4. The van der Waals surface area contributed by atoms with Crippen molar-refractivity contribution in [2.75, 3.05) is 24.2 Å². The van der Waals surface area contributed by atoms with Crippen molar-refractivity contribution < 1.29 is 31.2 Å². The van der Waals surface area contributed by atoms with Gasteiger partial charge >= 0.3 is 6.18 Å². The predicted octanol–water partition coefficient (Wildman–Crippen LogP) is 4.07. The molecule has 1 unspecified atom stereocenters. The van der Waals surface area contributed by atoms with E-state index in [0.29, 0.717) is 10.6 Å². The Morgan fingerprint density at radius 2 is 1.77 bits per heavy atom. The number of amides is 2. The molecule has 0 aliphatic heterocycles. The van der Waals surface area contributed by atoms with E-state index in [2.05, 4.69) is 5.32 Å².